The molecule has 33 heavy (non-hydrogen) atoms. The number of nitrogens with two attached hydrogens (primary N) is 1. The molecule has 3 aromatic rings. The van der Waals surface area contributed by atoms with Crippen LogP contribution in [0.25, 0.3) is 11.0 Å². The summed E-state index contributed by atoms with van der Waals surface area (Å²) >= 11 is 6.07. The van der Waals surface area contributed by atoms with Crippen molar-refractivity contribution < 1.29 is 27.0 Å². The fourth-order valence-electron chi connectivity index (χ4n) is 4.34. The first-order valence-electron chi connectivity index (χ1n) is 9.86. The summed E-state index contributed by atoms with van der Waals surface area (Å²) in [7, 11) is 1.26. The van der Waals surface area contributed by atoms with Gasteiger partial charge < -0.3 is 20.2 Å². The lowest BCUT2D eigenvalue weighted by Gasteiger charge is -2.32. The monoisotopic (exact) mass is 485 g/mol. The fraction of sp³-hybridized carbons (Fsp3) is 0.381. The Kier molecular flexibility index (Phi) is 5.52. The summed E-state index contributed by atoms with van der Waals surface area (Å²) in [6, 6.07) is 3.97. The standard InChI is InChI=1S/C21H20ClF4N5O2/c1-8-12(9-4-5-10(23)13(22)16(9)32-3)17(33-20(8,2)21(24,25)26)19-30-11-6-7-29-15(18(27)28)14(11)31-19/h4-8,12,17H,1-3H3,(H3,27,28)(H,30,31)/t8-,12-,17+,20+/m0/s1. The number of hydrogen-bond donors (Lipinski definition) is 3. The number of ether oxygens (including phenoxy) is 2. The third-order valence-electron chi connectivity index (χ3n) is 6.26. The molecule has 0 unspecified atom stereocenters. The van der Waals surface area contributed by atoms with Gasteiger partial charge in [0.25, 0.3) is 0 Å². The number of nitrogens with one attached hydrogen (secondary N) is 2. The van der Waals surface area contributed by atoms with Crippen LogP contribution in [0.1, 0.15) is 43.0 Å². The van der Waals surface area contributed by atoms with Crippen molar-refractivity contribution in [2.75, 3.05) is 7.11 Å². The second-order valence-corrected chi connectivity index (χ2v) is 8.41. The van der Waals surface area contributed by atoms with Crippen molar-refractivity contribution >= 4 is 28.5 Å². The summed E-state index contributed by atoms with van der Waals surface area (Å²) in [6.07, 6.45) is -4.54. The predicted octanol–water partition coefficient (Wildman–Crippen LogP) is 4.86. The molecule has 12 heteroatoms. The van der Waals surface area contributed by atoms with Crippen molar-refractivity contribution in [2.45, 2.75) is 37.6 Å². The number of nitrogen functional groups attached to an aromatic ring is 1. The molecule has 176 valence electrons. The molecule has 0 radical (unpaired) electrons. The van der Waals surface area contributed by atoms with Gasteiger partial charge in [0.2, 0.25) is 0 Å². The van der Waals surface area contributed by atoms with Crippen LogP contribution in [0.3, 0.4) is 0 Å². The maximum atomic E-state index is 14.1. The van der Waals surface area contributed by atoms with E-state index in [1.165, 1.54) is 26.3 Å². The van der Waals surface area contributed by atoms with Gasteiger partial charge in [0.15, 0.2) is 5.60 Å². The number of aromatic amines is 1. The second kappa shape index (κ2) is 7.84. The number of nitrogens with zero attached hydrogens (tertiary/aromatic N) is 2. The van der Waals surface area contributed by atoms with E-state index in [1.54, 1.807) is 6.07 Å². The Labute approximate surface area is 190 Å². The number of H-pyrrole nitrogens is 1. The zero-order chi connectivity index (χ0) is 24.3. The molecule has 0 saturated carbocycles. The van der Waals surface area contributed by atoms with Crippen molar-refractivity contribution in [3.05, 3.63) is 52.3 Å². The SMILES string of the molecule is COc1c([C@H]2[C@H](c3nc4c(C(=N)N)nccc4[nH]3)O[C@@](C)(C(F)(F)F)[C@H]2C)ccc(F)c1Cl. The molecule has 0 aliphatic carbocycles. The van der Waals surface area contributed by atoms with Crippen LogP contribution in [0, 0.1) is 17.1 Å². The highest BCUT2D eigenvalue weighted by Gasteiger charge is 2.65. The highest BCUT2D eigenvalue weighted by molar-refractivity contribution is 6.32. The quantitative estimate of drug-likeness (QED) is 0.278. The molecule has 0 spiro atoms. The molecule has 4 atom stereocenters. The molecule has 1 aliphatic rings. The van der Waals surface area contributed by atoms with E-state index in [0.29, 0.717) is 5.52 Å². The lowest BCUT2D eigenvalue weighted by Crippen LogP contribution is -2.46. The predicted molar refractivity (Wildman–Crippen MR) is 113 cm³/mol. The number of alkyl halides is 3. The van der Waals surface area contributed by atoms with Gasteiger partial charge in [-0.3, -0.25) is 10.4 Å². The Balaban J connectivity index is 1.94. The van der Waals surface area contributed by atoms with Gasteiger partial charge >= 0.3 is 6.18 Å². The minimum Gasteiger partial charge on any atom is -0.495 e. The third-order valence-corrected chi connectivity index (χ3v) is 6.61. The molecule has 1 aliphatic heterocycles. The van der Waals surface area contributed by atoms with Gasteiger partial charge in [-0.25, -0.2) is 9.37 Å². The maximum Gasteiger partial charge on any atom is 0.417 e. The number of benzene rings is 1. The number of aromatic nitrogens is 3. The minimum atomic E-state index is -4.71. The number of imidazole rings is 1. The van der Waals surface area contributed by atoms with Crippen molar-refractivity contribution in [2.24, 2.45) is 11.7 Å². The first-order valence-corrected chi connectivity index (χ1v) is 10.2. The third kappa shape index (κ3) is 3.50. The van der Waals surface area contributed by atoms with E-state index in [-0.39, 0.29) is 39.2 Å². The average molecular weight is 486 g/mol. The minimum absolute atomic E-state index is 0.0734. The molecule has 2 aromatic heterocycles. The summed E-state index contributed by atoms with van der Waals surface area (Å²) in [5.74, 6) is -3.19. The van der Waals surface area contributed by atoms with Gasteiger partial charge in [0, 0.05) is 23.6 Å². The van der Waals surface area contributed by atoms with E-state index in [1.807, 2.05) is 0 Å². The van der Waals surface area contributed by atoms with Gasteiger partial charge in [-0.05, 0) is 19.1 Å². The second-order valence-electron chi connectivity index (χ2n) is 8.03. The highest BCUT2D eigenvalue weighted by atomic mass is 35.5. The Morgan fingerprint density at radius 3 is 2.64 bits per heavy atom. The molecular weight excluding hydrogens is 466 g/mol. The Morgan fingerprint density at radius 1 is 1.33 bits per heavy atom. The molecule has 0 amide bonds. The smallest absolute Gasteiger partial charge is 0.417 e. The summed E-state index contributed by atoms with van der Waals surface area (Å²) in [5, 5.41) is 7.36. The van der Waals surface area contributed by atoms with E-state index in [0.717, 1.165) is 13.0 Å². The van der Waals surface area contributed by atoms with Crippen LogP contribution in [0.5, 0.6) is 5.75 Å². The van der Waals surface area contributed by atoms with Gasteiger partial charge in [0.1, 0.15) is 45.6 Å². The van der Waals surface area contributed by atoms with Crippen molar-refractivity contribution in [3.63, 3.8) is 0 Å². The van der Waals surface area contributed by atoms with Crippen LogP contribution in [0.2, 0.25) is 5.02 Å². The Bertz CT molecular complexity index is 1250. The molecule has 0 bridgehead atoms. The van der Waals surface area contributed by atoms with Gasteiger partial charge in [-0.2, -0.15) is 13.2 Å². The van der Waals surface area contributed by atoms with E-state index in [9.17, 15) is 17.6 Å². The summed E-state index contributed by atoms with van der Waals surface area (Å²) in [6.45, 7) is 2.37. The van der Waals surface area contributed by atoms with Crippen molar-refractivity contribution in [1.29, 1.82) is 5.41 Å². The lowest BCUT2D eigenvalue weighted by molar-refractivity contribution is -0.275. The molecule has 4 rings (SSSR count). The van der Waals surface area contributed by atoms with Crippen LogP contribution < -0.4 is 10.5 Å². The zero-order valence-corrected chi connectivity index (χ0v) is 18.5. The van der Waals surface area contributed by atoms with Crippen molar-refractivity contribution in [1.82, 2.24) is 15.0 Å². The first kappa shape index (κ1) is 23.2. The van der Waals surface area contributed by atoms with Crippen LogP contribution in [-0.4, -0.2) is 39.7 Å². The number of halogens is 5. The zero-order valence-electron chi connectivity index (χ0n) is 17.7. The van der Waals surface area contributed by atoms with Gasteiger partial charge in [0.05, 0.1) is 12.6 Å². The number of amidine groups is 1. The molecular formula is C21H20ClF4N5O2. The number of pyridine rings is 1. The molecule has 1 saturated heterocycles. The number of methoxy groups -OCH3 is 1. The average Bonchev–Trinajstić information content (AvgIpc) is 3.29. The van der Waals surface area contributed by atoms with E-state index in [2.05, 4.69) is 15.0 Å². The highest BCUT2D eigenvalue weighted by Crippen LogP contribution is 2.59. The molecule has 1 fully saturated rings. The summed E-state index contributed by atoms with van der Waals surface area (Å²) < 4.78 is 67.4. The lowest BCUT2D eigenvalue weighted by atomic mass is 9.77. The van der Waals surface area contributed by atoms with E-state index >= 15 is 0 Å². The normalized spacial score (nSPS) is 25.5. The van der Waals surface area contributed by atoms with Crippen molar-refractivity contribution in [3.8, 4) is 5.75 Å². The number of fused-ring (bicyclic) bond motifs is 1. The first-order chi connectivity index (χ1) is 15.4. The Hall–Kier alpha value is -2.92. The molecule has 4 N–H and O–H groups in total. The molecule has 3 heterocycles. The molecule has 7 nitrogen and oxygen atoms in total. The topological polar surface area (TPSA) is 110 Å². The Morgan fingerprint density at radius 2 is 2.03 bits per heavy atom. The number of rotatable bonds is 4. The van der Waals surface area contributed by atoms with Crippen LogP contribution in [0.15, 0.2) is 24.4 Å². The fourth-order valence-corrected chi connectivity index (χ4v) is 4.58. The van der Waals surface area contributed by atoms with Gasteiger partial charge in [-0.1, -0.05) is 24.6 Å². The number of hydrogen-bond acceptors (Lipinski definition) is 5. The van der Waals surface area contributed by atoms with E-state index in [4.69, 9.17) is 32.2 Å². The largest absolute Gasteiger partial charge is 0.495 e. The molecule has 1 aromatic carbocycles. The van der Waals surface area contributed by atoms with E-state index < -0.39 is 35.5 Å². The van der Waals surface area contributed by atoms with Crippen LogP contribution >= 0.6 is 11.6 Å². The van der Waals surface area contributed by atoms with Crippen LogP contribution in [0.4, 0.5) is 17.6 Å². The summed E-state index contributed by atoms with van der Waals surface area (Å²) in [4.78, 5) is 11.4. The maximum absolute atomic E-state index is 14.1. The van der Waals surface area contributed by atoms with Crippen LogP contribution in [-0.2, 0) is 4.74 Å². The van der Waals surface area contributed by atoms with Gasteiger partial charge in [-0.15, -0.1) is 0 Å². The summed E-state index contributed by atoms with van der Waals surface area (Å²) in [5.41, 5.74) is 4.00.